The van der Waals surface area contributed by atoms with Crippen LogP contribution in [0.1, 0.15) is 361 Å². The minimum atomic E-state index is -0.843. The molecule has 0 aliphatic rings. The SMILES string of the molecule is CCCCCCCCCCCCCCCC/C=C/C(O)C(CO)NC(=O)CCCCCCCCCCCCCCCCCCCCCCCCCOC(=O)CCCCCCCCCCCCCCCC. The molecular formula is C64H125NO5. The fraction of sp³-hybridized carbons (Fsp3) is 0.938. The lowest BCUT2D eigenvalue weighted by Crippen LogP contribution is -2.45. The van der Waals surface area contributed by atoms with Crippen molar-refractivity contribution in [3.8, 4) is 0 Å². The van der Waals surface area contributed by atoms with E-state index < -0.39 is 12.1 Å². The average Bonchev–Trinajstić information content (AvgIpc) is 3.36. The van der Waals surface area contributed by atoms with Gasteiger partial charge in [0.1, 0.15) is 0 Å². The summed E-state index contributed by atoms with van der Waals surface area (Å²) in [6.07, 6.45) is 72.6. The highest BCUT2D eigenvalue weighted by Crippen LogP contribution is 2.18. The Balaban J connectivity index is 3.38. The van der Waals surface area contributed by atoms with E-state index in [0.717, 1.165) is 38.5 Å². The van der Waals surface area contributed by atoms with Gasteiger partial charge < -0.3 is 20.3 Å². The van der Waals surface area contributed by atoms with Crippen LogP contribution in [0.15, 0.2) is 12.2 Å². The van der Waals surface area contributed by atoms with Crippen LogP contribution in [-0.2, 0) is 14.3 Å². The van der Waals surface area contributed by atoms with E-state index in [2.05, 4.69) is 19.2 Å². The molecule has 0 fully saturated rings. The zero-order valence-electron chi connectivity index (χ0n) is 47.5. The maximum atomic E-state index is 12.5. The number of hydrogen-bond donors (Lipinski definition) is 3. The zero-order valence-corrected chi connectivity index (χ0v) is 47.5. The lowest BCUT2D eigenvalue weighted by molar-refractivity contribution is -0.143. The highest BCUT2D eigenvalue weighted by molar-refractivity contribution is 5.76. The lowest BCUT2D eigenvalue weighted by atomic mass is 10.0. The lowest BCUT2D eigenvalue weighted by Gasteiger charge is -2.20. The second kappa shape index (κ2) is 60.2. The smallest absolute Gasteiger partial charge is 0.305 e. The molecule has 0 aromatic rings. The van der Waals surface area contributed by atoms with Crippen LogP contribution in [0.25, 0.3) is 0 Å². The molecule has 6 heteroatoms. The Bertz CT molecular complexity index is 1050. The summed E-state index contributed by atoms with van der Waals surface area (Å²) < 4.78 is 5.49. The van der Waals surface area contributed by atoms with Crippen molar-refractivity contribution in [2.45, 2.75) is 373 Å². The normalized spacial score (nSPS) is 12.6. The van der Waals surface area contributed by atoms with Crippen molar-refractivity contribution in [3.05, 3.63) is 12.2 Å². The van der Waals surface area contributed by atoms with Crippen LogP contribution < -0.4 is 5.32 Å². The number of hydrogen-bond acceptors (Lipinski definition) is 5. The first-order chi connectivity index (χ1) is 34.5. The minimum absolute atomic E-state index is 0.0169. The van der Waals surface area contributed by atoms with Crippen molar-refractivity contribution in [3.63, 3.8) is 0 Å². The average molecular weight is 989 g/mol. The van der Waals surface area contributed by atoms with Crippen LogP contribution >= 0.6 is 0 Å². The molecular weight excluding hydrogens is 863 g/mol. The molecule has 2 atom stereocenters. The van der Waals surface area contributed by atoms with E-state index in [9.17, 15) is 19.8 Å². The topological polar surface area (TPSA) is 95.9 Å². The Morgan fingerprint density at radius 2 is 0.657 bits per heavy atom. The van der Waals surface area contributed by atoms with E-state index in [1.807, 2.05) is 6.08 Å². The van der Waals surface area contributed by atoms with E-state index in [0.29, 0.717) is 19.4 Å². The Morgan fingerprint density at radius 3 is 0.971 bits per heavy atom. The zero-order chi connectivity index (χ0) is 50.7. The minimum Gasteiger partial charge on any atom is -0.466 e. The van der Waals surface area contributed by atoms with Gasteiger partial charge in [0.2, 0.25) is 5.91 Å². The molecule has 0 aliphatic carbocycles. The molecule has 0 bridgehead atoms. The molecule has 0 heterocycles. The fourth-order valence-electron chi connectivity index (χ4n) is 10.2. The summed E-state index contributed by atoms with van der Waals surface area (Å²) in [6.45, 7) is 4.93. The summed E-state index contributed by atoms with van der Waals surface area (Å²) in [6, 6.07) is -0.626. The van der Waals surface area contributed by atoms with Gasteiger partial charge in [-0.2, -0.15) is 0 Å². The Hall–Kier alpha value is -1.40. The number of carbonyl (C=O) groups excluding carboxylic acids is 2. The summed E-state index contributed by atoms with van der Waals surface area (Å²) in [5.74, 6) is -0.0478. The molecule has 0 aromatic carbocycles. The predicted octanol–water partition coefficient (Wildman–Crippen LogP) is 20.0. The maximum absolute atomic E-state index is 12.5. The summed E-state index contributed by atoms with van der Waals surface area (Å²) in [4.78, 5) is 24.5. The third kappa shape index (κ3) is 55.9. The molecule has 70 heavy (non-hydrogen) atoms. The van der Waals surface area contributed by atoms with Crippen molar-refractivity contribution in [1.82, 2.24) is 5.32 Å². The second-order valence-electron chi connectivity index (χ2n) is 22.1. The van der Waals surface area contributed by atoms with Gasteiger partial charge in [-0.05, 0) is 32.1 Å². The first-order valence-electron chi connectivity index (χ1n) is 32.0. The second-order valence-corrected chi connectivity index (χ2v) is 22.1. The van der Waals surface area contributed by atoms with E-state index >= 15 is 0 Å². The van der Waals surface area contributed by atoms with Gasteiger partial charge in [0.15, 0.2) is 0 Å². The van der Waals surface area contributed by atoms with Gasteiger partial charge >= 0.3 is 5.97 Å². The third-order valence-corrected chi connectivity index (χ3v) is 15.1. The van der Waals surface area contributed by atoms with Gasteiger partial charge in [-0.25, -0.2) is 0 Å². The number of nitrogens with one attached hydrogen (secondary N) is 1. The van der Waals surface area contributed by atoms with E-state index in [4.69, 9.17) is 4.74 Å². The largest absolute Gasteiger partial charge is 0.466 e. The molecule has 0 saturated heterocycles. The highest BCUT2D eigenvalue weighted by atomic mass is 16.5. The van der Waals surface area contributed by atoms with Crippen LogP contribution in [0.3, 0.4) is 0 Å². The molecule has 1 amide bonds. The van der Waals surface area contributed by atoms with Crippen LogP contribution in [0, 0.1) is 0 Å². The summed E-state index contributed by atoms with van der Waals surface area (Å²) in [5, 5.41) is 23.2. The number of amides is 1. The van der Waals surface area contributed by atoms with Crippen molar-refractivity contribution < 1.29 is 24.5 Å². The molecule has 0 spiro atoms. The van der Waals surface area contributed by atoms with Crippen molar-refractivity contribution in [1.29, 1.82) is 0 Å². The van der Waals surface area contributed by atoms with Crippen LogP contribution in [0.5, 0.6) is 0 Å². The van der Waals surface area contributed by atoms with Crippen LogP contribution in [-0.4, -0.2) is 47.4 Å². The molecule has 0 saturated carbocycles. The molecule has 0 aromatic heterocycles. The first kappa shape index (κ1) is 68.6. The number of unbranched alkanes of at least 4 members (excludes halogenated alkanes) is 49. The fourth-order valence-corrected chi connectivity index (χ4v) is 10.2. The van der Waals surface area contributed by atoms with Crippen LogP contribution in [0.2, 0.25) is 0 Å². The number of esters is 1. The number of rotatable bonds is 60. The Labute approximate surface area is 438 Å². The Morgan fingerprint density at radius 1 is 0.386 bits per heavy atom. The standard InChI is InChI=1S/C64H125NO5/c1-3-5-7-9-11-13-15-17-19-29-32-36-40-44-48-52-56-62(67)61(60-66)65-63(68)57-53-49-45-41-37-33-30-27-25-23-21-20-22-24-26-28-31-35-39-43-47-51-55-59-70-64(69)58-54-50-46-42-38-34-18-16-14-12-10-8-6-4-2/h52,56,61-62,66-67H,3-51,53-55,57-60H2,1-2H3,(H,65,68)/b56-52+. The molecule has 0 radical (unpaired) electrons. The van der Waals surface area contributed by atoms with Crippen molar-refractivity contribution >= 4 is 11.9 Å². The van der Waals surface area contributed by atoms with Gasteiger partial charge in [-0.1, -0.05) is 328 Å². The molecule has 0 aliphatic heterocycles. The van der Waals surface area contributed by atoms with E-state index in [1.54, 1.807) is 6.08 Å². The number of aliphatic hydroxyl groups is 2. The van der Waals surface area contributed by atoms with Gasteiger partial charge in [-0.15, -0.1) is 0 Å². The van der Waals surface area contributed by atoms with E-state index in [-0.39, 0.29) is 18.5 Å². The summed E-state index contributed by atoms with van der Waals surface area (Å²) in [5.41, 5.74) is 0. The van der Waals surface area contributed by atoms with Gasteiger partial charge in [-0.3, -0.25) is 9.59 Å². The summed E-state index contributed by atoms with van der Waals surface area (Å²) in [7, 11) is 0. The highest BCUT2D eigenvalue weighted by Gasteiger charge is 2.18. The quantitative estimate of drug-likeness (QED) is 0.0321. The van der Waals surface area contributed by atoms with Crippen molar-refractivity contribution in [2.24, 2.45) is 0 Å². The number of ether oxygens (including phenoxy) is 1. The van der Waals surface area contributed by atoms with Crippen LogP contribution in [0.4, 0.5) is 0 Å². The number of allylic oxidation sites excluding steroid dienone is 1. The van der Waals surface area contributed by atoms with Gasteiger partial charge in [0.25, 0.3) is 0 Å². The maximum Gasteiger partial charge on any atom is 0.305 e. The molecule has 2 unspecified atom stereocenters. The summed E-state index contributed by atoms with van der Waals surface area (Å²) >= 11 is 0. The molecule has 6 nitrogen and oxygen atoms in total. The van der Waals surface area contributed by atoms with Gasteiger partial charge in [0.05, 0.1) is 25.4 Å². The van der Waals surface area contributed by atoms with Crippen molar-refractivity contribution in [2.75, 3.05) is 13.2 Å². The predicted molar refractivity (Wildman–Crippen MR) is 306 cm³/mol. The number of aliphatic hydroxyl groups excluding tert-OH is 2. The Kier molecular flexibility index (Phi) is 59.0. The monoisotopic (exact) mass is 988 g/mol. The third-order valence-electron chi connectivity index (χ3n) is 15.1. The molecule has 416 valence electrons. The number of carbonyl (C=O) groups is 2. The molecule has 3 N–H and O–H groups in total. The van der Waals surface area contributed by atoms with E-state index in [1.165, 1.54) is 295 Å². The molecule has 0 rings (SSSR count). The first-order valence-corrected chi connectivity index (χ1v) is 32.0. The van der Waals surface area contributed by atoms with Gasteiger partial charge in [0, 0.05) is 12.8 Å².